The molecule has 9 aromatic rings. The molecule has 2 N–H and O–H groups in total. The van der Waals surface area contributed by atoms with Crippen molar-refractivity contribution in [2.24, 2.45) is 47.3 Å². The Morgan fingerprint density at radius 2 is 1.08 bits per heavy atom. The molecule has 8 aliphatic carbocycles. The molecule has 0 unspecified atom stereocenters. The van der Waals surface area contributed by atoms with Gasteiger partial charge in [0, 0.05) is 51.3 Å². The fourth-order valence-electron chi connectivity index (χ4n) is 18.5. The Balaban J connectivity index is 0.850. The molecule has 2 aromatic heterocycles. The molecule has 2 heterocycles. The van der Waals surface area contributed by atoms with Gasteiger partial charge in [0.05, 0.1) is 22.4 Å². The monoisotopic (exact) mass is 1040 g/mol. The van der Waals surface area contributed by atoms with Gasteiger partial charge in [0.1, 0.15) is 17.3 Å². The largest absolute Gasteiger partial charge is 0.457 e. The number of hydrogen-bond donors (Lipinski definition) is 2. The van der Waals surface area contributed by atoms with Crippen molar-refractivity contribution in [3.63, 3.8) is 0 Å². The third-order valence-corrected chi connectivity index (χ3v) is 21.4. The molecule has 0 amide bonds. The number of nitrogens with one attached hydrogen (secondary N) is 2. The second kappa shape index (κ2) is 18.5. The summed E-state index contributed by atoms with van der Waals surface area (Å²) in [5.41, 5.74) is 18.3. The van der Waals surface area contributed by atoms with E-state index in [1.165, 1.54) is 103 Å². The molecule has 17 rings (SSSR count). The van der Waals surface area contributed by atoms with Gasteiger partial charge in [-0.05, 0) is 231 Å². The number of nitrogens with zero attached hydrogens (tertiary/aromatic N) is 2. The van der Waals surface area contributed by atoms with Gasteiger partial charge in [-0.1, -0.05) is 123 Å². The fraction of sp³-hybridized carbons (Fsp3) is 0.365. The number of hydrogen-bond acceptors (Lipinski definition) is 4. The van der Waals surface area contributed by atoms with Crippen LogP contribution in [0.15, 0.2) is 170 Å². The predicted molar refractivity (Wildman–Crippen MR) is 326 cm³/mol. The maximum atomic E-state index is 6.86. The topological polar surface area (TPSA) is 51.1 Å². The number of aromatic nitrogens is 2. The van der Waals surface area contributed by atoms with Crippen LogP contribution in [0.1, 0.15) is 129 Å². The van der Waals surface area contributed by atoms with Gasteiger partial charge in [-0.3, -0.25) is 4.57 Å². The third kappa shape index (κ3) is 7.78. The van der Waals surface area contributed by atoms with Gasteiger partial charge in [-0.2, -0.15) is 0 Å². The number of rotatable bonds is 11. The van der Waals surface area contributed by atoms with Gasteiger partial charge in [0.25, 0.3) is 0 Å². The molecule has 8 aliphatic rings. The molecule has 8 saturated carbocycles. The van der Waals surface area contributed by atoms with Crippen LogP contribution in [0.4, 0.5) is 22.7 Å². The molecule has 5 nitrogen and oxygen atoms in total. The van der Waals surface area contributed by atoms with E-state index >= 15 is 0 Å². The third-order valence-electron chi connectivity index (χ3n) is 21.4. The Hall–Kier alpha value is -7.11. The van der Waals surface area contributed by atoms with Gasteiger partial charge in [-0.15, -0.1) is 0 Å². The van der Waals surface area contributed by atoms with Crippen LogP contribution in [0.3, 0.4) is 0 Å². The summed E-state index contributed by atoms with van der Waals surface area (Å²) in [6.45, 7) is 13.9. The smallest absolute Gasteiger partial charge is 0.137 e. The first-order valence-electron chi connectivity index (χ1n) is 30.1. The van der Waals surface area contributed by atoms with Gasteiger partial charge in [-0.25, -0.2) is 4.98 Å². The van der Waals surface area contributed by atoms with Crippen molar-refractivity contribution < 1.29 is 4.74 Å². The molecule has 0 atom stereocenters. The molecular weight excluding hydrogens is 961 g/mol. The zero-order valence-electron chi connectivity index (χ0n) is 47.2. The minimum Gasteiger partial charge on any atom is -0.457 e. The lowest BCUT2D eigenvalue weighted by Gasteiger charge is -2.64. The van der Waals surface area contributed by atoms with E-state index in [9.17, 15) is 0 Å². The quantitative estimate of drug-likeness (QED) is 0.136. The minimum absolute atomic E-state index is 0.00935. The molecule has 7 aromatic carbocycles. The summed E-state index contributed by atoms with van der Waals surface area (Å²) in [6.07, 6.45) is 15.5. The Morgan fingerprint density at radius 1 is 0.494 bits per heavy atom. The highest BCUT2D eigenvalue weighted by atomic mass is 16.5. The van der Waals surface area contributed by atoms with Crippen LogP contribution < -0.4 is 15.4 Å². The Labute approximate surface area is 468 Å². The molecule has 0 radical (unpaired) electrons. The molecule has 0 spiro atoms. The Kier molecular flexibility index (Phi) is 11.5. The lowest BCUT2D eigenvalue weighted by atomic mass is 9.40. The number of aryl methyl sites for hydroxylation is 2. The summed E-state index contributed by atoms with van der Waals surface area (Å²) in [6, 6.07) is 61.8. The average Bonchev–Trinajstić information content (AvgIpc) is 2.56. The predicted octanol–water partition coefficient (Wildman–Crippen LogP) is 19.2. The van der Waals surface area contributed by atoms with Gasteiger partial charge in [0.2, 0.25) is 0 Å². The normalized spacial score (nSPS) is 27.5. The second-order valence-electron chi connectivity index (χ2n) is 26.8. The number of pyridine rings is 1. The van der Waals surface area contributed by atoms with Crippen LogP contribution in [-0.4, -0.2) is 9.55 Å². The number of ether oxygens (including phenoxy) is 1. The van der Waals surface area contributed by atoms with E-state index < -0.39 is 0 Å². The molecule has 8 fully saturated rings. The number of fused-ring (bicyclic) bond motifs is 3. The van der Waals surface area contributed by atoms with Gasteiger partial charge in [0.15, 0.2) is 0 Å². The van der Waals surface area contributed by atoms with Crippen molar-refractivity contribution in [1.29, 1.82) is 0 Å². The van der Waals surface area contributed by atoms with E-state index in [0.29, 0.717) is 23.7 Å². The maximum Gasteiger partial charge on any atom is 0.137 e. The molecular formula is C74H76N4O. The molecule has 8 bridgehead atoms. The van der Waals surface area contributed by atoms with Crippen LogP contribution in [0.5, 0.6) is 11.5 Å². The molecule has 79 heavy (non-hydrogen) atoms. The van der Waals surface area contributed by atoms with Crippen LogP contribution in [0.2, 0.25) is 0 Å². The van der Waals surface area contributed by atoms with E-state index in [0.717, 1.165) is 69.1 Å². The van der Waals surface area contributed by atoms with Crippen molar-refractivity contribution in [3.8, 4) is 17.3 Å². The lowest BCUT2D eigenvalue weighted by Crippen LogP contribution is -2.58. The van der Waals surface area contributed by atoms with E-state index in [1.54, 1.807) is 22.3 Å². The van der Waals surface area contributed by atoms with Crippen LogP contribution in [0.25, 0.3) is 27.6 Å². The minimum atomic E-state index is -0.0973. The van der Waals surface area contributed by atoms with Crippen LogP contribution >= 0.6 is 0 Å². The number of benzene rings is 7. The van der Waals surface area contributed by atoms with Crippen LogP contribution in [0, 0.1) is 68.1 Å². The van der Waals surface area contributed by atoms with Crippen molar-refractivity contribution in [3.05, 3.63) is 214 Å². The molecule has 5 heteroatoms. The summed E-state index contributed by atoms with van der Waals surface area (Å²) in [5, 5.41) is 10.8. The first-order chi connectivity index (χ1) is 38.4. The first-order valence-corrected chi connectivity index (χ1v) is 30.1. The molecule has 0 aliphatic heterocycles. The zero-order chi connectivity index (χ0) is 53.4. The summed E-state index contributed by atoms with van der Waals surface area (Å²) in [7, 11) is 0. The Bertz CT molecular complexity index is 3800. The van der Waals surface area contributed by atoms with Gasteiger partial charge >= 0.3 is 0 Å². The zero-order valence-corrected chi connectivity index (χ0v) is 47.2. The van der Waals surface area contributed by atoms with E-state index in [1.807, 2.05) is 6.20 Å². The highest BCUT2D eigenvalue weighted by Gasteiger charge is 2.62. The first kappa shape index (κ1) is 49.0. The van der Waals surface area contributed by atoms with E-state index in [2.05, 4.69) is 221 Å². The maximum absolute atomic E-state index is 6.86. The van der Waals surface area contributed by atoms with Crippen molar-refractivity contribution in [2.75, 3.05) is 10.6 Å². The second-order valence-corrected chi connectivity index (χ2v) is 26.8. The number of anilines is 4. The fourth-order valence-corrected chi connectivity index (χ4v) is 18.5. The van der Waals surface area contributed by atoms with E-state index in [4.69, 9.17) is 9.72 Å². The van der Waals surface area contributed by atoms with E-state index in [-0.39, 0.29) is 16.2 Å². The summed E-state index contributed by atoms with van der Waals surface area (Å²) < 4.78 is 9.15. The standard InChI is InChI=1S/C74H76N4O/c1-45-15-11-17-53(31-45)73(54-34-48-32-49(36-54)37-55(73)35-48)64-22-14-23-65(74(63-21-12-16-46(2)47(63)3)56-38-50-33-51(40-56)41-57(74)39-50)71(64)77-67-25-9-8-24-66(67)76-58-18-13-19-59(43-58)79-60-27-28-62-61-20-7-10-26-68(61)78(69(62)44-60)70-42-52(29-30-75-70)72(4,5)6/h7-31,42-44,48-51,54-57,76-77H,32-41H2,1-6H3. The lowest BCUT2D eigenvalue weighted by molar-refractivity contribution is -0.0442. The molecule has 0 saturated heterocycles. The van der Waals surface area contributed by atoms with Crippen molar-refractivity contribution in [2.45, 2.75) is 122 Å². The summed E-state index contributed by atoms with van der Waals surface area (Å²) in [4.78, 5) is 4.94. The molecule has 398 valence electrons. The summed E-state index contributed by atoms with van der Waals surface area (Å²) in [5.74, 6) is 8.25. The Morgan fingerprint density at radius 3 is 1.77 bits per heavy atom. The average molecular weight is 1040 g/mol. The highest BCUT2D eigenvalue weighted by molar-refractivity contribution is 6.09. The van der Waals surface area contributed by atoms with Gasteiger partial charge < -0.3 is 15.4 Å². The SMILES string of the molecule is Cc1cccc(C2(c3cccc(C4(c5cccc(C)c5C)C5CC6CC(C5)CC4C6)c3Nc3ccccc3Nc3cccc(Oc4ccc5c6ccccc6n(-c6cc(C(C)(C)C)ccn6)c5c4)c3)C3CC4CC(C3)CC2C4)c1. The van der Waals surface area contributed by atoms with Crippen LogP contribution in [-0.2, 0) is 16.2 Å². The summed E-state index contributed by atoms with van der Waals surface area (Å²) >= 11 is 0. The van der Waals surface area contributed by atoms with Crippen molar-refractivity contribution >= 4 is 44.6 Å². The van der Waals surface area contributed by atoms with Crippen molar-refractivity contribution in [1.82, 2.24) is 9.55 Å². The highest BCUT2D eigenvalue weighted by Crippen LogP contribution is 2.70. The number of para-hydroxylation sites is 4.